The Morgan fingerprint density at radius 1 is 1.00 bits per heavy atom. The molecule has 3 rings (SSSR count). The highest BCUT2D eigenvalue weighted by Gasteiger charge is 2.20. The summed E-state index contributed by atoms with van der Waals surface area (Å²) in [6, 6.07) is 14.5. The molecule has 30 heavy (non-hydrogen) atoms. The zero-order chi connectivity index (χ0) is 21.7. The van der Waals surface area contributed by atoms with Crippen molar-refractivity contribution in [3.63, 3.8) is 0 Å². The number of nitrogens with zero attached hydrogens (tertiary/aromatic N) is 1. The van der Waals surface area contributed by atoms with Gasteiger partial charge in [-0.2, -0.15) is 0 Å². The third kappa shape index (κ3) is 4.52. The summed E-state index contributed by atoms with van der Waals surface area (Å²) in [6.45, 7) is 1.67. The van der Waals surface area contributed by atoms with Crippen LogP contribution in [-0.4, -0.2) is 33.5 Å². The number of carbonyl (C=O) groups is 1. The monoisotopic (exact) mass is 427 g/mol. The number of para-hydroxylation sites is 2. The molecule has 0 saturated heterocycles. The summed E-state index contributed by atoms with van der Waals surface area (Å²) in [7, 11) is -1.06. The van der Waals surface area contributed by atoms with E-state index in [2.05, 4.69) is 15.0 Å². The standard InChI is InChI=1S/C21H21N3O5S/c1-14-10-11-15(23-20(25)16-7-6-12-22-21(16)29-3)13-19(14)30(26,27)24-17-8-4-5-9-18(17)28-2/h4-13,24H,1-3H3,(H,23,25). The number of anilines is 2. The Morgan fingerprint density at radius 3 is 2.50 bits per heavy atom. The topological polar surface area (TPSA) is 107 Å². The van der Waals surface area contributed by atoms with Crippen molar-refractivity contribution in [2.24, 2.45) is 0 Å². The van der Waals surface area contributed by atoms with Gasteiger partial charge >= 0.3 is 0 Å². The number of amides is 1. The predicted molar refractivity (Wildman–Crippen MR) is 114 cm³/mol. The van der Waals surface area contributed by atoms with E-state index >= 15 is 0 Å². The van der Waals surface area contributed by atoms with E-state index in [0.29, 0.717) is 22.7 Å². The lowest BCUT2D eigenvalue weighted by Gasteiger charge is -2.14. The van der Waals surface area contributed by atoms with E-state index in [9.17, 15) is 13.2 Å². The maximum Gasteiger partial charge on any atom is 0.262 e. The number of nitrogens with one attached hydrogen (secondary N) is 2. The molecule has 0 spiro atoms. The van der Waals surface area contributed by atoms with Crippen LogP contribution in [0, 0.1) is 6.92 Å². The third-order valence-corrected chi connectivity index (χ3v) is 5.80. The van der Waals surface area contributed by atoms with Crippen LogP contribution in [0.15, 0.2) is 65.7 Å². The number of pyridine rings is 1. The lowest BCUT2D eigenvalue weighted by Crippen LogP contribution is -2.17. The number of hydrogen-bond donors (Lipinski definition) is 2. The molecule has 1 heterocycles. The first-order valence-electron chi connectivity index (χ1n) is 8.92. The maximum absolute atomic E-state index is 13.0. The highest BCUT2D eigenvalue weighted by molar-refractivity contribution is 7.92. The number of sulfonamides is 1. The molecule has 0 saturated carbocycles. The molecule has 1 aromatic heterocycles. The summed E-state index contributed by atoms with van der Waals surface area (Å²) in [5.74, 6) is 0.101. The predicted octanol–water partition coefficient (Wildman–Crippen LogP) is 3.46. The summed E-state index contributed by atoms with van der Waals surface area (Å²) in [4.78, 5) is 16.6. The van der Waals surface area contributed by atoms with Gasteiger partial charge in [-0.1, -0.05) is 18.2 Å². The van der Waals surface area contributed by atoms with Crippen molar-refractivity contribution in [1.82, 2.24) is 4.98 Å². The fourth-order valence-electron chi connectivity index (χ4n) is 2.82. The van der Waals surface area contributed by atoms with Crippen LogP contribution in [0.25, 0.3) is 0 Å². The van der Waals surface area contributed by atoms with E-state index in [0.717, 1.165) is 0 Å². The fourth-order valence-corrected chi connectivity index (χ4v) is 4.16. The second-order valence-electron chi connectivity index (χ2n) is 6.30. The summed E-state index contributed by atoms with van der Waals surface area (Å²) in [6.07, 6.45) is 1.51. The molecule has 0 unspecified atom stereocenters. The highest BCUT2D eigenvalue weighted by atomic mass is 32.2. The van der Waals surface area contributed by atoms with Crippen LogP contribution in [-0.2, 0) is 10.0 Å². The molecular formula is C21H21N3O5S. The zero-order valence-corrected chi connectivity index (χ0v) is 17.5. The molecule has 0 atom stereocenters. The van der Waals surface area contributed by atoms with E-state index in [1.807, 2.05) is 0 Å². The Balaban J connectivity index is 1.90. The van der Waals surface area contributed by atoms with Crippen molar-refractivity contribution in [1.29, 1.82) is 0 Å². The quantitative estimate of drug-likeness (QED) is 0.598. The van der Waals surface area contributed by atoms with Gasteiger partial charge in [-0.15, -0.1) is 0 Å². The van der Waals surface area contributed by atoms with E-state index in [1.54, 1.807) is 55.5 Å². The molecule has 3 aromatic rings. The van der Waals surface area contributed by atoms with Gasteiger partial charge in [0.1, 0.15) is 11.3 Å². The molecule has 0 aliphatic heterocycles. The maximum atomic E-state index is 13.0. The van der Waals surface area contributed by atoms with Crippen LogP contribution in [0.3, 0.4) is 0 Å². The first-order chi connectivity index (χ1) is 14.4. The zero-order valence-electron chi connectivity index (χ0n) is 16.7. The van der Waals surface area contributed by atoms with Crippen molar-refractivity contribution < 1.29 is 22.7 Å². The van der Waals surface area contributed by atoms with Gasteiger partial charge in [0.15, 0.2) is 0 Å². The van der Waals surface area contributed by atoms with Gasteiger partial charge in [0.2, 0.25) is 5.88 Å². The van der Waals surface area contributed by atoms with Crippen LogP contribution < -0.4 is 19.5 Å². The van der Waals surface area contributed by atoms with Crippen LogP contribution in [0.2, 0.25) is 0 Å². The van der Waals surface area contributed by atoms with E-state index in [4.69, 9.17) is 9.47 Å². The second kappa shape index (κ2) is 8.83. The SMILES string of the molecule is COc1ccccc1NS(=O)(=O)c1cc(NC(=O)c2cccnc2OC)ccc1C. The highest BCUT2D eigenvalue weighted by Crippen LogP contribution is 2.28. The van der Waals surface area contributed by atoms with Crippen molar-refractivity contribution >= 4 is 27.3 Å². The van der Waals surface area contributed by atoms with Crippen molar-refractivity contribution in [3.05, 3.63) is 71.9 Å². The average molecular weight is 427 g/mol. The van der Waals surface area contributed by atoms with Gasteiger partial charge in [0, 0.05) is 11.9 Å². The largest absolute Gasteiger partial charge is 0.495 e. The van der Waals surface area contributed by atoms with Gasteiger partial charge in [0.25, 0.3) is 15.9 Å². The Kier molecular flexibility index (Phi) is 6.22. The summed E-state index contributed by atoms with van der Waals surface area (Å²) in [5, 5.41) is 2.68. The van der Waals surface area contributed by atoms with Crippen LogP contribution in [0.5, 0.6) is 11.6 Å². The lowest BCUT2D eigenvalue weighted by atomic mass is 10.2. The molecule has 0 aliphatic rings. The van der Waals surface area contributed by atoms with E-state index in [1.165, 1.54) is 26.5 Å². The molecule has 2 N–H and O–H groups in total. The minimum atomic E-state index is -3.93. The molecule has 1 amide bonds. The van der Waals surface area contributed by atoms with Crippen molar-refractivity contribution in [3.8, 4) is 11.6 Å². The summed E-state index contributed by atoms with van der Waals surface area (Å²) >= 11 is 0. The van der Waals surface area contributed by atoms with Crippen LogP contribution >= 0.6 is 0 Å². The molecule has 8 nitrogen and oxygen atoms in total. The van der Waals surface area contributed by atoms with Gasteiger partial charge < -0.3 is 14.8 Å². The van der Waals surface area contributed by atoms with Gasteiger partial charge in [-0.25, -0.2) is 13.4 Å². The molecule has 9 heteroatoms. The molecular weight excluding hydrogens is 406 g/mol. The Bertz CT molecular complexity index is 1180. The first kappa shape index (κ1) is 21.1. The number of aryl methyl sites for hydroxylation is 1. The van der Waals surface area contributed by atoms with E-state index < -0.39 is 15.9 Å². The number of carbonyl (C=O) groups excluding carboxylic acids is 1. The normalized spacial score (nSPS) is 10.9. The Hall–Kier alpha value is -3.59. The molecule has 2 aromatic carbocycles. The number of aromatic nitrogens is 1. The number of methoxy groups -OCH3 is 2. The minimum Gasteiger partial charge on any atom is -0.495 e. The smallest absolute Gasteiger partial charge is 0.262 e. The average Bonchev–Trinajstić information content (AvgIpc) is 2.75. The molecule has 0 fully saturated rings. The molecule has 156 valence electrons. The van der Waals surface area contributed by atoms with Crippen molar-refractivity contribution in [2.75, 3.05) is 24.3 Å². The first-order valence-corrected chi connectivity index (χ1v) is 10.4. The minimum absolute atomic E-state index is 0.0318. The van der Waals surface area contributed by atoms with Gasteiger partial charge in [-0.05, 0) is 48.9 Å². The van der Waals surface area contributed by atoms with Crippen LogP contribution in [0.4, 0.5) is 11.4 Å². The molecule has 0 bridgehead atoms. The lowest BCUT2D eigenvalue weighted by molar-refractivity contribution is 0.102. The fraction of sp³-hybridized carbons (Fsp3) is 0.143. The number of hydrogen-bond acceptors (Lipinski definition) is 6. The van der Waals surface area contributed by atoms with Crippen molar-refractivity contribution in [2.45, 2.75) is 11.8 Å². The third-order valence-electron chi connectivity index (χ3n) is 4.30. The summed E-state index contributed by atoms with van der Waals surface area (Å²) in [5.41, 5.74) is 1.39. The van der Waals surface area contributed by atoms with Gasteiger partial charge in [0.05, 0.1) is 24.8 Å². The number of rotatable bonds is 7. The van der Waals surface area contributed by atoms with Gasteiger partial charge in [-0.3, -0.25) is 9.52 Å². The van der Waals surface area contributed by atoms with Crippen LogP contribution in [0.1, 0.15) is 15.9 Å². The second-order valence-corrected chi connectivity index (χ2v) is 7.95. The Morgan fingerprint density at radius 2 is 1.77 bits per heavy atom. The number of ether oxygens (including phenoxy) is 2. The number of benzene rings is 2. The van der Waals surface area contributed by atoms with E-state index in [-0.39, 0.29) is 16.3 Å². The molecule has 0 radical (unpaired) electrons. The Labute approximate surface area is 174 Å². The summed E-state index contributed by atoms with van der Waals surface area (Å²) < 4.78 is 38.8. The molecule has 0 aliphatic carbocycles.